The number of anilines is 1. The average Bonchev–Trinajstić information content (AvgIpc) is 2.92. The summed E-state index contributed by atoms with van der Waals surface area (Å²) in [6.45, 7) is 0.851. The van der Waals surface area contributed by atoms with Gasteiger partial charge in [0.2, 0.25) is 5.91 Å². The van der Waals surface area contributed by atoms with Crippen LogP contribution in [-0.4, -0.2) is 22.3 Å². The molecule has 0 aliphatic heterocycles. The van der Waals surface area contributed by atoms with Crippen LogP contribution in [0, 0.1) is 13.8 Å². The molecule has 0 spiro atoms. The Morgan fingerprint density at radius 3 is 2.41 bits per heavy atom. The highest BCUT2D eigenvalue weighted by Crippen LogP contribution is 2.23. The third kappa shape index (κ3) is 4.49. The number of ether oxygens (including phenoxy) is 1. The second-order valence-corrected chi connectivity index (χ2v) is 6.04. The molecule has 1 heterocycles. The fourth-order valence-corrected chi connectivity index (χ4v) is 2.80. The minimum Gasteiger partial charge on any atom is -0.435 e. The molecular weight excluding hydrogens is 352 g/mol. The molecule has 27 heavy (non-hydrogen) atoms. The first kappa shape index (κ1) is 18.6. The summed E-state index contributed by atoms with van der Waals surface area (Å²) in [5, 5.41) is 7.38. The van der Waals surface area contributed by atoms with Crippen LogP contribution in [0.1, 0.15) is 17.0 Å². The number of nitrogens with zero attached hydrogens (tertiary/aromatic N) is 2. The first-order valence-electron chi connectivity index (χ1n) is 8.39. The molecule has 7 heteroatoms. The Labute approximate surface area is 155 Å². The van der Waals surface area contributed by atoms with Crippen molar-refractivity contribution in [1.29, 1.82) is 0 Å². The van der Waals surface area contributed by atoms with Gasteiger partial charge in [0.15, 0.2) is 0 Å². The molecule has 5 nitrogen and oxygen atoms in total. The van der Waals surface area contributed by atoms with Gasteiger partial charge < -0.3 is 10.1 Å². The minimum absolute atomic E-state index is 0.0602. The second kappa shape index (κ2) is 7.99. The lowest BCUT2D eigenvalue weighted by Gasteiger charge is -2.08. The maximum atomic E-state index is 12.4. The van der Waals surface area contributed by atoms with Crippen LogP contribution >= 0.6 is 0 Å². The lowest BCUT2D eigenvalue weighted by Crippen LogP contribution is -2.15. The maximum absolute atomic E-state index is 12.4. The van der Waals surface area contributed by atoms with E-state index in [-0.39, 0.29) is 18.1 Å². The highest BCUT2D eigenvalue weighted by molar-refractivity contribution is 5.93. The molecule has 0 aliphatic carbocycles. The zero-order chi connectivity index (χ0) is 19.4. The number of para-hydroxylation sites is 1. The number of rotatable bonds is 6. The van der Waals surface area contributed by atoms with Gasteiger partial charge in [-0.2, -0.15) is 13.9 Å². The standard InChI is InChI=1S/C20H19F2N3O2/c1-13-19(14(2)25(24-13)16-6-4-3-5-7-16)23-18(26)12-15-8-10-17(11-9-15)27-20(21)22/h3-11,20H,12H2,1-2H3,(H,23,26). The van der Waals surface area contributed by atoms with Gasteiger partial charge in [0.25, 0.3) is 0 Å². The molecule has 140 valence electrons. The average molecular weight is 371 g/mol. The fourth-order valence-electron chi connectivity index (χ4n) is 2.80. The third-order valence-corrected chi connectivity index (χ3v) is 4.07. The van der Waals surface area contributed by atoms with E-state index in [0.717, 1.165) is 11.4 Å². The van der Waals surface area contributed by atoms with Crippen molar-refractivity contribution in [3.63, 3.8) is 0 Å². The number of carbonyl (C=O) groups is 1. The SMILES string of the molecule is Cc1nn(-c2ccccc2)c(C)c1NC(=O)Cc1ccc(OC(F)F)cc1. The number of halogens is 2. The highest BCUT2D eigenvalue weighted by atomic mass is 19.3. The Bertz CT molecular complexity index is 922. The molecule has 0 bridgehead atoms. The first-order chi connectivity index (χ1) is 12.9. The largest absolute Gasteiger partial charge is 0.435 e. The number of alkyl halides is 2. The highest BCUT2D eigenvalue weighted by Gasteiger charge is 2.15. The van der Waals surface area contributed by atoms with Crippen LogP contribution in [0.5, 0.6) is 5.75 Å². The van der Waals surface area contributed by atoms with Crippen molar-refractivity contribution in [1.82, 2.24) is 9.78 Å². The second-order valence-electron chi connectivity index (χ2n) is 6.04. The van der Waals surface area contributed by atoms with Crippen LogP contribution < -0.4 is 10.1 Å². The minimum atomic E-state index is -2.87. The van der Waals surface area contributed by atoms with Gasteiger partial charge in [-0.25, -0.2) is 4.68 Å². The van der Waals surface area contributed by atoms with Gasteiger partial charge in [-0.3, -0.25) is 4.79 Å². The molecule has 0 fully saturated rings. The molecule has 3 rings (SSSR count). The molecule has 1 aromatic heterocycles. The predicted molar refractivity (Wildman–Crippen MR) is 98.4 cm³/mol. The van der Waals surface area contributed by atoms with E-state index in [0.29, 0.717) is 16.9 Å². The van der Waals surface area contributed by atoms with E-state index in [4.69, 9.17) is 0 Å². The molecular formula is C20H19F2N3O2. The Hall–Kier alpha value is -3.22. The van der Waals surface area contributed by atoms with Crippen molar-refractivity contribution in [2.24, 2.45) is 0 Å². The Morgan fingerprint density at radius 2 is 1.78 bits per heavy atom. The van der Waals surface area contributed by atoms with E-state index in [9.17, 15) is 13.6 Å². The zero-order valence-corrected chi connectivity index (χ0v) is 14.9. The van der Waals surface area contributed by atoms with Gasteiger partial charge in [-0.05, 0) is 43.7 Å². The fraction of sp³-hybridized carbons (Fsp3) is 0.200. The number of nitrogens with one attached hydrogen (secondary N) is 1. The van der Waals surface area contributed by atoms with Crippen molar-refractivity contribution in [2.75, 3.05) is 5.32 Å². The number of hydrogen-bond acceptors (Lipinski definition) is 3. The van der Waals surface area contributed by atoms with E-state index in [2.05, 4.69) is 15.2 Å². The van der Waals surface area contributed by atoms with Crippen molar-refractivity contribution < 1.29 is 18.3 Å². The molecule has 0 unspecified atom stereocenters. The van der Waals surface area contributed by atoms with Crippen molar-refractivity contribution >= 4 is 11.6 Å². The molecule has 0 radical (unpaired) electrons. The summed E-state index contributed by atoms with van der Waals surface area (Å²) in [4.78, 5) is 12.4. The number of aryl methyl sites for hydroxylation is 1. The zero-order valence-electron chi connectivity index (χ0n) is 14.9. The van der Waals surface area contributed by atoms with E-state index in [1.165, 1.54) is 12.1 Å². The van der Waals surface area contributed by atoms with Crippen molar-refractivity contribution in [3.05, 3.63) is 71.5 Å². The van der Waals surface area contributed by atoms with E-state index >= 15 is 0 Å². The van der Waals surface area contributed by atoms with Crippen LogP contribution in [0.4, 0.5) is 14.5 Å². The smallest absolute Gasteiger partial charge is 0.387 e. The molecule has 3 aromatic rings. The van der Waals surface area contributed by atoms with Crippen molar-refractivity contribution in [3.8, 4) is 11.4 Å². The van der Waals surface area contributed by atoms with E-state index < -0.39 is 6.61 Å². The molecule has 0 saturated heterocycles. The van der Waals surface area contributed by atoms with Crippen LogP contribution in [-0.2, 0) is 11.2 Å². The van der Waals surface area contributed by atoms with Gasteiger partial charge >= 0.3 is 6.61 Å². The lowest BCUT2D eigenvalue weighted by atomic mass is 10.1. The van der Waals surface area contributed by atoms with Crippen LogP contribution in [0.2, 0.25) is 0 Å². The molecule has 2 aromatic carbocycles. The summed E-state index contributed by atoms with van der Waals surface area (Å²) in [5.74, 6) is -0.152. The first-order valence-corrected chi connectivity index (χ1v) is 8.39. The lowest BCUT2D eigenvalue weighted by molar-refractivity contribution is -0.115. The van der Waals surface area contributed by atoms with Gasteiger partial charge in [-0.15, -0.1) is 0 Å². The Kier molecular flexibility index (Phi) is 5.49. The normalized spacial score (nSPS) is 10.9. The number of carbonyl (C=O) groups excluding carboxylic acids is 1. The van der Waals surface area contributed by atoms with Crippen LogP contribution in [0.15, 0.2) is 54.6 Å². The van der Waals surface area contributed by atoms with Gasteiger partial charge in [-0.1, -0.05) is 30.3 Å². The van der Waals surface area contributed by atoms with Crippen molar-refractivity contribution in [2.45, 2.75) is 26.9 Å². The molecule has 0 atom stereocenters. The topological polar surface area (TPSA) is 56.2 Å². The summed E-state index contributed by atoms with van der Waals surface area (Å²) < 4.78 is 30.4. The number of hydrogen-bond donors (Lipinski definition) is 1. The molecule has 0 aliphatic rings. The number of amides is 1. The van der Waals surface area contributed by atoms with Gasteiger partial charge in [0.1, 0.15) is 5.75 Å². The quantitative estimate of drug-likeness (QED) is 0.704. The predicted octanol–water partition coefficient (Wildman–Crippen LogP) is 4.27. The molecule has 0 saturated carbocycles. The summed E-state index contributed by atoms with van der Waals surface area (Å²) in [6.07, 6.45) is 0.115. The van der Waals surface area contributed by atoms with Gasteiger partial charge in [0, 0.05) is 0 Å². The monoisotopic (exact) mass is 371 g/mol. The third-order valence-electron chi connectivity index (χ3n) is 4.07. The summed E-state index contributed by atoms with van der Waals surface area (Å²) >= 11 is 0. The van der Waals surface area contributed by atoms with Gasteiger partial charge in [0.05, 0.1) is 29.2 Å². The Morgan fingerprint density at radius 1 is 1.11 bits per heavy atom. The van der Waals surface area contributed by atoms with Crippen LogP contribution in [0.3, 0.4) is 0 Å². The summed E-state index contributed by atoms with van der Waals surface area (Å²) in [7, 11) is 0. The molecule has 1 N–H and O–H groups in total. The summed E-state index contributed by atoms with van der Waals surface area (Å²) in [6, 6.07) is 15.7. The van der Waals surface area contributed by atoms with E-state index in [1.54, 1.807) is 16.8 Å². The Balaban J connectivity index is 1.70. The van der Waals surface area contributed by atoms with Crippen LogP contribution in [0.25, 0.3) is 5.69 Å². The maximum Gasteiger partial charge on any atom is 0.387 e. The number of aromatic nitrogens is 2. The van der Waals surface area contributed by atoms with E-state index in [1.807, 2.05) is 44.2 Å². The molecule has 1 amide bonds. The summed E-state index contributed by atoms with van der Waals surface area (Å²) in [5.41, 5.74) is 3.81. The number of benzene rings is 2.